The third-order valence-electron chi connectivity index (χ3n) is 4.14. The summed E-state index contributed by atoms with van der Waals surface area (Å²) in [6, 6.07) is 6.27. The largest absolute Gasteiger partial charge is 0.397 e. The molecular formula is C16H20N2O2S. The van der Waals surface area contributed by atoms with E-state index in [4.69, 9.17) is 10.5 Å². The first-order chi connectivity index (χ1) is 10.1. The van der Waals surface area contributed by atoms with Gasteiger partial charge in [-0.2, -0.15) is 0 Å². The Morgan fingerprint density at radius 2 is 2.24 bits per heavy atom. The highest BCUT2D eigenvalue weighted by Gasteiger charge is 2.27. The molecule has 3 N–H and O–H groups in total. The van der Waals surface area contributed by atoms with Gasteiger partial charge in [0.2, 0.25) is 0 Å². The van der Waals surface area contributed by atoms with Crippen molar-refractivity contribution >= 4 is 33.0 Å². The molecule has 1 aliphatic rings. The highest BCUT2D eigenvalue weighted by Crippen LogP contribution is 2.34. The van der Waals surface area contributed by atoms with Crippen molar-refractivity contribution in [3.05, 3.63) is 28.6 Å². The van der Waals surface area contributed by atoms with Crippen molar-refractivity contribution in [2.75, 3.05) is 12.8 Å². The topological polar surface area (TPSA) is 64.3 Å². The van der Waals surface area contributed by atoms with Crippen LogP contribution in [0.4, 0.5) is 5.69 Å². The average molecular weight is 304 g/mol. The number of aryl methyl sites for hydroxylation is 1. The molecule has 1 saturated carbocycles. The summed E-state index contributed by atoms with van der Waals surface area (Å²) < 4.78 is 6.41. The molecule has 3 rings (SSSR count). The smallest absolute Gasteiger partial charge is 0.263 e. The van der Waals surface area contributed by atoms with Crippen molar-refractivity contribution in [3.63, 3.8) is 0 Å². The van der Waals surface area contributed by atoms with Gasteiger partial charge in [-0.1, -0.05) is 12.1 Å². The van der Waals surface area contributed by atoms with Gasteiger partial charge in [0, 0.05) is 23.2 Å². The van der Waals surface area contributed by atoms with E-state index in [1.807, 2.05) is 19.1 Å². The first kappa shape index (κ1) is 14.4. The van der Waals surface area contributed by atoms with E-state index in [2.05, 4.69) is 11.4 Å². The van der Waals surface area contributed by atoms with Crippen molar-refractivity contribution < 1.29 is 9.53 Å². The number of nitrogens with two attached hydrogens (primary N) is 1. The van der Waals surface area contributed by atoms with E-state index in [-0.39, 0.29) is 18.1 Å². The zero-order chi connectivity index (χ0) is 15.0. The quantitative estimate of drug-likeness (QED) is 0.916. The first-order valence-corrected chi connectivity index (χ1v) is 8.02. The lowest BCUT2D eigenvalue weighted by molar-refractivity contribution is 0.0919. The van der Waals surface area contributed by atoms with Gasteiger partial charge < -0.3 is 15.8 Å². The lowest BCUT2D eigenvalue weighted by Gasteiger charge is -2.12. The lowest BCUT2D eigenvalue weighted by Crippen LogP contribution is -2.33. The van der Waals surface area contributed by atoms with E-state index < -0.39 is 0 Å². The van der Waals surface area contributed by atoms with Crippen LogP contribution >= 0.6 is 11.3 Å². The third-order valence-corrected chi connectivity index (χ3v) is 5.31. The standard InChI is InChI=1S/C16H20N2O2S/c1-9-3-6-12-13(7-9)21-15(14(12)17)16(19)18-10-4-5-11(8-10)20-2/h3,6-7,10-11H,4-5,8,17H2,1-2H3,(H,18,19). The molecule has 5 heteroatoms. The summed E-state index contributed by atoms with van der Waals surface area (Å²) >= 11 is 1.47. The molecule has 1 aromatic carbocycles. The van der Waals surface area contributed by atoms with Crippen molar-refractivity contribution in [1.29, 1.82) is 0 Å². The van der Waals surface area contributed by atoms with Gasteiger partial charge in [0.25, 0.3) is 5.91 Å². The summed E-state index contributed by atoms with van der Waals surface area (Å²) in [5, 5.41) is 4.06. The number of methoxy groups -OCH3 is 1. The highest BCUT2D eigenvalue weighted by atomic mass is 32.1. The fraction of sp³-hybridized carbons (Fsp3) is 0.438. The minimum atomic E-state index is -0.0619. The summed E-state index contributed by atoms with van der Waals surface area (Å²) in [5.74, 6) is -0.0619. The molecule has 1 aliphatic carbocycles. The van der Waals surface area contributed by atoms with E-state index in [1.165, 1.54) is 16.9 Å². The Hall–Kier alpha value is -1.59. The van der Waals surface area contributed by atoms with Crippen LogP contribution in [0.1, 0.15) is 34.5 Å². The Labute approximate surface area is 128 Å². The van der Waals surface area contributed by atoms with Crippen LogP contribution < -0.4 is 11.1 Å². The van der Waals surface area contributed by atoms with Gasteiger partial charge in [0.1, 0.15) is 4.88 Å². The van der Waals surface area contributed by atoms with Crippen molar-refractivity contribution in [1.82, 2.24) is 5.32 Å². The van der Waals surface area contributed by atoms with Crippen LogP contribution in [0.2, 0.25) is 0 Å². The van der Waals surface area contributed by atoms with Crippen molar-refractivity contribution in [3.8, 4) is 0 Å². The molecule has 1 fully saturated rings. The van der Waals surface area contributed by atoms with Crippen molar-refractivity contribution in [2.24, 2.45) is 0 Å². The molecule has 2 unspecified atom stereocenters. The number of carbonyl (C=O) groups is 1. The van der Waals surface area contributed by atoms with Gasteiger partial charge in [-0.15, -0.1) is 11.3 Å². The second-order valence-corrected chi connectivity index (χ2v) is 6.74. The van der Waals surface area contributed by atoms with Crippen LogP contribution in [0, 0.1) is 6.92 Å². The number of hydrogen-bond acceptors (Lipinski definition) is 4. The molecule has 0 radical (unpaired) electrons. The maximum absolute atomic E-state index is 12.4. The molecule has 21 heavy (non-hydrogen) atoms. The second kappa shape index (κ2) is 5.66. The maximum atomic E-state index is 12.4. The number of carbonyl (C=O) groups excluding carboxylic acids is 1. The fourth-order valence-electron chi connectivity index (χ4n) is 2.93. The molecule has 2 aromatic rings. The summed E-state index contributed by atoms with van der Waals surface area (Å²) in [6.45, 7) is 2.04. The predicted molar refractivity (Wildman–Crippen MR) is 86.9 cm³/mol. The van der Waals surface area contributed by atoms with Crippen LogP contribution in [0.3, 0.4) is 0 Å². The number of anilines is 1. The molecule has 2 atom stereocenters. The highest BCUT2D eigenvalue weighted by molar-refractivity contribution is 7.21. The van der Waals surface area contributed by atoms with E-state index in [0.29, 0.717) is 10.6 Å². The summed E-state index contributed by atoms with van der Waals surface area (Å²) in [5.41, 5.74) is 7.91. The summed E-state index contributed by atoms with van der Waals surface area (Å²) in [4.78, 5) is 13.1. The molecule has 1 aromatic heterocycles. The Kier molecular flexibility index (Phi) is 3.87. The van der Waals surface area contributed by atoms with Crippen LogP contribution in [-0.2, 0) is 4.74 Å². The van der Waals surface area contributed by atoms with Gasteiger partial charge in [-0.25, -0.2) is 0 Å². The average Bonchev–Trinajstić information content (AvgIpc) is 3.03. The minimum absolute atomic E-state index is 0.0619. The molecule has 4 nitrogen and oxygen atoms in total. The molecule has 0 spiro atoms. The van der Waals surface area contributed by atoms with E-state index in [9.17, 15) is 4.79 Å². The van der Waals surface area contributed by atoms with Gasteiger partial charge in [-0.3, -0.25) is 4.79 Å². The number of benzene rings is 1. The number of rotatable bonds is 3. The van der Waals surface area contributed by atoms with Gasteiger partial charge in [-0.05, 0) is 37.8 Å². The lowest BCUT2D eigenvalue weighted by atomic mass is 10.1. The molecule has 1 amide bonds. The Morgan fingerprint density at radius 3 is 2.95 bits per heavy atom. The molecule has 1 heterocycles. The SMILES string of the molecule is COC1CCC(NC(=O)c2sc3cc(C)ccc3c2N)C1. The molecule has 0 saturated heterocycles. The minimum Gasteiger partial charge on any atom is -0.397 e. The number of hydrogen-bond donors (Lipinski definition) is 2. The molecule has 0 bridgehead atoms. The van der Waals surface area contributed by atoms with Crippen molar-refractivity contribution in [2.45, 2.75) is 38.3 Å². The van der Waals surface area contributed by atoms with E-state index >= 15 is 0 Å². The third kappa shape index (κ3) is 2.76. The monoisotopic (exact) mass is 304 g/mol. The molecule has 0 aliphatic heterocycles. The Bertz CT molecular complexity index is 680. The van der Waals surface area contributed by atoms with Crippen LogP contribution in [0.15, 0.2) is 18.2 Å². The van der Waals surface area contributed by atoms with E-state index in [1.54, 1.807) is 7.11 Å². The first-order valence-electron chi connectivity index (χ1n) is 7.20. The summed E-state index contributed by atoms with van der Waals surface area (Å²) in [6.07, 6.45) is 3.11. The Morgan fingerprint density at radius 1 is 1.43 bits per heavy atom. The van der Waals surface area contributed by atoms with Crippen LogP contribution in [0.5, 0.6) is 0 Å². The summed E-state index contributed by atoms with van der Waals surface area (Å²) in [7, 11) is 1.72. The molecule has 112 valence electrons. The van der Waals surface area contributed by atoms with Gasteiger partial charge in [0.15, 0.2) is 0 Å². The number of thiophene rings is 1. The number of amides is 1. The number of fused-ring (bicyclic) bond motifs is 1. The zero-order valence-electron chi connectivity index (χ0n) is 12.3. The normalized spacial score (nSPS) is 21.8. The van der Waals surface area contributed by atoms with Crippen LogP contribution in [-0.4, -0.2) is 25.2 Å². The number of nitrogens with one attached hydrogen (secondary N) is 1. The second-order valence-electron chi connectivity index (χ2n) is 5.69. The Balaban J connectivity index is 1.80. The fourth-order valence-corrected chi connectivity index (χ4v) is 4.05. The molecular weight excluding hydrogens is 284 g/mol. The predicted octanol–water partition coefficient (Wildman–Crippen LogP) is 3.09. The number of ether oxygens (including phenoxy) is 1. The maximum Gasteiger partial charge on any atom is 0.263 e. The van der Waals surface area contributed by atoms with Gasteiger partial charge in [0.05, 0.1) is 11.8 Å². The van der Waals surface area contributed by atoms with E-state index in [0.717, 1.165) is 29.3 Å². The zero-order valence-corrected chi connectivity index (χ0v) is 13.1. The van der Waals surface area contributed by atoms with Crippen LogP contribution in [0.25, 0.3) is 10.1 Å². The number of nitrogen functional groups attached to an aromatic ring is 1. The van der Waals surface area contributed by atoms with Gasteiger partial charge >= 0.3 is 0 Å².